The lowest BCUT2D eigenvalue weighted by Crippen LogP contribution is -2.23. The van der Waals surface area contributed by atoms with E-state index < -0.39 is 8.80 Å². The summed E-state index contributed by atoms with van der Waals surface area (Å²) < 4.78 is 1.54. The van der Waals surface area contributed by atoms with Crippen LogP contribution in [0.15, 0.2) is 11.3 Å². The maximum atomic E-state index is 2.50. The molecule has 12 heavy (non-hydrogen) atoms. The normalized spacial score (nSPS) is 21.8. The van der Waals surface area contributed by atoms with Crippen LogP contribution in [0.3, 0.4) is 0 Å². The van der Waals surface area contributed by atoms with Gasteiger partial charge in [-0.15, -0.1) is 11.3 Å². The lowest BCUT2D eigenvalue weighted by molar-refractivity contribution is 1.64. The van der Waals surface area contributed by atoms with Crippen LogP contribution in [0.25, 0.3) is 3.58 Å². The van der Waals surface area contributed by atoms with Gasteiger partial charge in [-0.3, -0.25) is 0 Å². The van der Waals surface area contributed by atoms with E-state index in [1.165, 1.54) is 4.88 Å². The second-order valence-electron chi connectivity index (χ2n) is 3.36. The van der Waals surface area contributed by atoms with E-state index in [0.29, 0.717) is 0 Å². The number of aryl methyl sites for hydroxylation is 1. The number of thiophene rings is 1. The molecule has 1 atom stereocenters. The second-order valence-corrected chi connectivity index (χ2v) is 8.63. The third-order valence-corrected chi connectivity index (χ3v) is 9.16. The van der Waals surface area contributed by atoms with Gasteiger partial charge < -0.3 is 0 Å². The zero-order valence-corrected chi connectivity index (χ0v) is 11.6. The first-order valence-electron chi connectivity index (χ1n) is 4.08. The fourth-order valence-electron chi connectivity index (χ4n) is 1.63. The van der Waals surface area contributed by atoms with Crippen LogP contribution in [-0.4, -0.2) is 8.80 Å². The Kier molecular flexibility index (Phi) is 2.21. The smallest absolute Gasteiger partial charge is 0.0976 e. The van der Waals surface area contributed by atoms with E-state index >= 15 is 0 Å². The minimum Gasteiger partial charge on any atom is -0.140 e. The Balaban J connectivity index is 2.63. The minimum atomic E-state index is -0.696. The highest BCUT2D eigenvalue weighted by molar-refractivity contribution is 14.1. The molecule has 1 aromatic rings. The minimum absolute atomic E-state index is 0.696. The van der Waals surface area contributed by atoms with Crippen molar-refractivity contribution in [3.63, 3.8) is 0 Å². The topological polar surface area (TPSA) is 0 Å². The Morgan fingerprint density at radius 1 is 1.42 bits per heavy atom. The van der Waals surface area contributed by atoms with Crippen LogP contribution >= 0.6 is 33.9 Å². The summed E-state index contributed by atoms with van der Waals surface area (Å²) in [6.45, 7) is 6.95. The zero-order valence-electron chi connectivity index (χ0n) is 7.44. The molecule has 3 heteroatoms. The fourth-order valence-corrected chi connectivity index (χ4v) is 7.86. The molecule has 0 amide bonds. The van der Waals surface area contributed by atoms with Crippen LogP contribution in [0, 0.1) is 6.92 Å². The van der Waals surface area contributed by atoms with Crippen molar-refractivity contribution in [2.75, 3.05) is 0 Å². The number of rotatable bonds is 0. The molecule has 0 aromatic carbocycles. The van der Waals surface area contributed by atoms with Crippen molar-refractivity contribution >= 4 is 51.5 Å². The molecule has 1 unspecified atom stereocenters. The largest absolute Gasteiger partial charge is 0.140 e. The molecule has 0 saturated heterocycles. The molecular formula is C9H11ISSi. The van der Waals surface area contributed by atoms with Crippen LogP contribution in [0.5, 0.6) is 0 Å². The van der Waals surface area contributed by atoms with Crippen molar-refractivity contribution in [2.45, 2.75) is 20.4 Å². The van der Waals surface area contributed by atoms with Crippen molar-refractivity contribution in [3.8, 4) is 0 Å². The van der Waals surface area contributed by atoms with Gasteiger partial charge in [-0.1, -0.05) is 11.7 Å². The molecule has 0 aliphatic carbocycles. The van der Waals surface area contributed by atoms with Crippen molar-refractivity contribution in [3.05, 3.63) is 21.0 Å². The molecule has 0 radical (unpaired) electrons. The first-order chi connectivity index (χ1) is 5.61. The van der Waals surface area contributed by atoms with Gasteiger partial charge in [0.1, 0.15) is 0 Å². The maximum Gasteiger partial charge on any atom is 0.0976 e. The van der Waals surface area contributed by atoms with Crippen LogP contribution in [-0.2, 0) is 0 Å². The van der Waals surface area contributed by atoms with Gasteiger partial charge in [0, 0.05) is 13.3 Å². The van der Waals surface area contributed by atoms with Crippen LogP contribution in [0.2, 0.25) is 6.55 Å². The molecule has 0 fully saturated rings. The molecular weight excluding hydrogens is 295 g/mol. The zero-order chi connectivity index (χ0) is 8.88. The summed E-state index contributed by atoms with van der Waals surface area (Å²) in [6.07, 6.45) is 0. The highest BCUT2D eigenvalue weighted by Gasteiger charge is 2.26. The van der Waals surface area contributed by atoms with Gasteiger partial charge in [-0.05, 0) is 47.7 Å². The molecule has 0 saturated carbocycles. The molecule has 0 spiro atoms. The van der Waals surface area contributed by atoms with E-state index in [1.54, 1.807) is 18.8 Å². The Bertz CT molecular complexity index is 365. The summed E-state index contributed by atoms with van der Waals surface area (Å²) >= 11 is 4.46. The highest BCUT2D eigenvalue weighted by atomic mass is 127. The first kappa shape index (κ1) is 8.96. The van der Waals surface area contributed by atoms with Gasteiger partial charge in [0.05, 0.1) is 8.80 Å². The quantitative estimate of drug-likeness (QED) is 0.511. The van der Waals surface area contributed by atoms with E-state index in [9.17, 15) is 0 Å². The predicted molar refractivity (Wildman–Crippen MR) is 68.3 cm³/mol. The monoisotopic (exact) mass is 306 g/mol. The molecule has 0 nitrogen and oxygen atoms in total. The average Bonchev–Trinajstić information content (AvgIpc) is 2.49. The lowest BCUT2D eigenvalue weighted by atomic mass is 10.4. The number of hydrogen-bond donors (Lipinski definition) is 0. The fraction of sp³-hybridized carbons (Fsp3) is 0.333. The Labute approximate surface area is 92.4 Å². The van der Waals surface area contributed by atoms with E-state index in [0.717, 1.165) is 0 Å². The van der Waals surface area contributed by atoms with Gasteiger partial charge in [0.15, 0.2) is 0 Å². The molecule has 0 bridgehead atoms. The molecule has 1 aromatic heterocycles. The molecule has 2 heterocycles. The SMILES string of the molecule is CC1=C(I)c2sc(C)cc2[SiH]1C. The molecule has 2 rings (SSSR count). The summed E-state index contributed by atoms with van der Waals surface area (Å²) in [6, 6.07) is 2.39. The molecule has 1 aliphatic rings. The van der Waals surface area contributed by atoms with E-state index in [1.807, 2.05) is 11.3 Å². The van der Waals surface area contributed by atoms with Crippen molar-refractivity contribution in [1.82, 2.24) is 0 Å². The summed E-state index contributed by atoms with van der Waals surface area (Å²) in [7, 11) is -0.696. The summed E-state index contributed by atoms with van der Waals surface area (Å²) in [5.74, 6) is 0. The van der Waals surface area contributed by atoms with Crippen LogP contribution in [0.4, 0.5) is 0 Å². The van der Waals surface area contributed by atoms with Crippen molar-refractivity contribution < 1.29 is 0 Å². The van der Waals surface area contributed by atoms with E-state index in [2.05, 4.69) is 49.1 Å². The van der Waals surface area contributed by atoms with Gasteiger partial charge in [-0.2, -0.15) is 0 Å². The average molecular weight is 306 g/mol. The van der Waals surface area contributed by atoms with Gasteiger partial charge in [0.2, 0.25) is 0 Å². The highest BCUT2D eigenvalue weighted by Crippen LogP contribution is 2.36. The molecule has 1 aliphatic heterocycles. The maximum absolute atomic E-state index is 2.50. The predicted octanol–water partition coefficient (Wildman–Crippen LogP) is 2.84. The standard InChI is InChI=1S/C9H11ISSi/c1-5-4-7-9(11-5)8(10)6(2)12(7)3/h4,12H,1-3H3. The van der Waals surface area contributed by atoms with E-state index in [-0.39, 0.29) is 0 Å². The van der Waals surface area contributed by atoms with Gasteiger partial charge >= 0.3 is 0 Å². The lowest BCUT2D eigenvalue weighted by Gasteiger charge is -2.00. The molecule has 64 valence electrons. The Morgan fingerprint density at radius 3 is 2.67 bits per heavy atom. The summed E-state index contributed by atoms with van der Waals surface area (Å²) in [5, 5.41) is 3.36. The van der Waals surface area contributed by atoms with Crippen LogP contribution < -0.4 is 5.19 Å². The first-order valence-corrected chi connectivity index (χ1v) is 8.28. The second kappa shape index (κ2) is 2.96. The van der Waals surface area contributed by atoms with Gasteiger partial charge in [0.25, 0.3) is 0 Å². The van der Waals surface area contributed by atoms with Crippen molar-refractivity contribution in [1.29, 1.82) is 0 Å². The van der Waals surface area contributed by atoms with Gasteiger partial charge in [-0.25, -0.2) is 0 Å². The third kappa shape index (κ3) is 1.14. The molecule has 0 N–H and O–H groups in total. The Hall–Kier alpha value is 0.387. The number of fused-ring (bicyclic) bond motifs is 1. The number of halogens is 1. The van der Waals surface area contributed by atoms with Crippen LogP contribution in [0.1, 0.15) is 16.7 Å². The number of hydrogen-bond acceptors (Lipinski definition) is 1. The number of allylic oxidation sites excluding steroid dienone is 1. The third-order valence-electron chi connectivity index (χ3n) is 2.55. The summed E-state index contributed by atoms with van der Waals surface area (Å²) in [5.41, 5.74) is 0. The van der Waals surface area contributed by atoms with Crippen molar-refractivity contribution in [2.24, 2.45) is 0 Å². The Morgan fingerprint density at radius 2 is 2.08 bits per heavy atom. The van der Waals surface area contributed by atoms with E-state index in [4.69, 9.17) is 0 Å². The summed E-state index contributed by atoms with van der Waals surface area (Å²) in [4.78, 5) is 3.05.